The molecule has 0 radical (unpaired) electrons. The predicted molar refractivity (Wildman–Crippen MR) is 119 cm³/mol. The fourth-order valence-electron chi connectivity index (χ4n) is 3.74. The SMILES string of the molecule is C(=C(Cc1ccccc1)C(c1ccccc1)c1ccccc1)c1ccccc1. The zero-order chi connectivity index (χ0) is 19.0. The van der Waals surface area contributed by atoms with Crippen molar-refractivity contribution in [2.24, 2.45) is 0 Å². The fraction of sp³-hybridized carbons (Fsp3) is 0.0714. The maximum Gasteiger partial charge on any atom is 0.0305 e. The maximum atomic E-state index is 2.36. The molecule has 0 heterocycles. The summed E-state index contributed by atoms with van der Waals surface area (Å²) in [5, 5.41) is 0. The van der Waals surface area contributed by atoms with Crippen molar-refractivity contribution in [3.63, 3.8) is 0 Å². The first-order valence-corrected chi connectivity index (χ1v) is 9.79. The molecule has 4 rings (SSSR count). The van der Waals surface area contributed by atoms with Gasteiger partial charge in [0, 0.05) is 5.92 Å². The van der Waals surface area contributed by atoms with Crippen LogP contribution >= 0.6 is 0 Å². The largest absolute Gasteiger partial charge is 0.0622 e. The van der Waals surface area contributed by atoms with Gasteiger partial charge in [0.2, 0.25) is 0 Å². The van der Waals surface area contributed by atoms with E-state index in [1.807, 2.05) is 0 Å². The highest BCUT2D eigenvalue weighted by Crippen LogP contribution is 2.35. The van der Waals surface area contributed by atoms with E-state index in [1.54, 1.807) is 0 Å². The summed E-state index contributed by atoms with van der Waals surface area (Å²) in [6, 6.07) is 43.0. The van der Waals surface area contributed by atoms with E-state index in [9.17, 15) is 0 Å². The monoisotopic (exact) mass is 360 g/mol. The van der Waals surface area contributed by atoms with Gasteiger partial charge < -0.3 is 0 Å². The maximum absolute atomic E-state index is 2.36. The van der Waals surface area contributed by atoms with Gasteiger partial charge in [0.05, 0.1) is 0 Å². The average Bonchev–Trinajstić information content (AvgIpc) is 2.77. The molecule has 136 valence electrons. The highest BCUT2D eigenvalue weighted by Gasteiger charge is 2.19. The minimum absolute atomic E-state index is 0.225. The molecule has 0 aliphatic rings. The lowest BCUT2D eigenvalue weighted by Crippen LogP contribution is -2.07. The third-order valence-electron chi connectivity index (χ3n) is 5.04. The van der Waals surface area contributed by atoms with Crippen molar-refractivity contribution in [2.75, 3.05) is 0 Å². The van der Waals surface area contributed by atoms with Gasteiger partial charge >= 0.3 is 0 Å². The number of hydrogen-bond donors (Lipinski definition) is 0. The second kappa shape index (κ2) is 9.01. The smallest absolute Gasteiger partial charge is 0.0305 e. The van der Waals surface area contributed by atoms with Crippen LogP contribution in [0.25, 0.3) is 6.08 Å². The standard InChI is InChI=1S/C28H24/c1-5-13-23(14-6-1)21-27(22-24-15-7-2-8-16-24)28(25-17-9-3-10-18-25)26-19-11-4-12-20-26/h1-21,28H,22H2. The minimum atomic E-state index is 0.225. The van der Waals surface area contributed by atoms with Gasteiger partial charge in [0.1, 0.15) is 0 Å². The van der Waals surface area contributed by atoms with Crippen LogP contribution in [0.15, 0.2) is 127 Å². The summed E-state index contributed by atoms with van der Waals surface area (Å²) < 4.78 is 0. The first-order valence-electron chi connectivity index (χ1n) is 9.79. The summed E-state index contributed by atoms with van der Waals surface area (Å²) in [5.74, 6) is 0.225. The van der Waals surface area contributed by atoms with Gasteiger partial charge in [-0.25, -0.2) is 0 Å². The van der Waals surface area contributed by atoms with E-state index < -0.39 is 0 Å². The van der Waals surface area contributed by atoms with Crippen LogP contribution in [0.3, 0.4) is 0 Å². The zero-order valence-electron chi connectivity index (χ0n) is 15.9. The van der Waals surface area contributed by atoms with Crippen LogP contribution in [0.4, 0.5) is 0 Å². The van der Waals surface area contributed by atoms with Crippen LogP contribution in [-0.4, -0.2) is 0 Å². The Morgan fingerprint density at radius 1 is 0.536 bits per heavy atom. The minimum Gasteiger partial charge on any atom is -0.0622 e. The van der Waals surface area contributed by atoms with Crippen LogP contribution in [0.1, 0.15) is 28.2 Å². The van der Waals surface area contributed by atoms with E-state index in [-0.39, 0.29) is 5.92 Å². The molecule has 4 aromatic carbocycles. The van der Waals surface area contributed by atoms with Crippen molar-refractivity contribution in [1.29, 1.82) is 0 Å². The molecular formula is C28H24. The Hall–Kier alpha value is -3.38. The quantitative estimate of drug-likeness (QED) is 0.343. The molecule has 0 unspecified atom stereocenters. The second-order valence-corrected chi connectivity index (χ2v) is 7.05. The van der Waals surface area contributed by atoms with E-state index in [0.29, 0.717) is 0 Å². The van der Waals surface area contributed by atoms with Gasteiger partial charge in [0.25, 0.3) is 0 Å². The summed E-state index contributed by atoms with van der Waals surface area (Å²) in [7, 11) is 0. The van der Waals surface area contributed by atoms with Crippen LogP contribution in [0.2, 0.25) is 0 Å². The van der Waals surface area contributed by atoms with E-state index in [4.69, 9.17) is 0 Å². The summed E-state index contributed by atoms with van der Waals surface area (Å²) in [5.41, 5.74) is 6.63. The molecular weight excluding hydrogens is 336 g/mol. The zero-order valence-corrected chi connectivity index (χ0v) is 15.9. The van der Waals surface area contributed by atoms with Crippen LogP contribution < -0.4 is 0 Å². The molecule has 0 aromatic heterocycles. The topological polar surface area (TPSA) is 0 Å². The summed E-state index contributed by atoms with van der Waals surface area (Å²) >= 11 is 0. The summed E-state index contributed by atoms with van der Waals surface area (Å²) in [6.45, 7) is 0. The van der Waals surface area contributed by atoms with Crippen molar-refractivity contribution in [1.82, 2.24) is 0 Å². The Labute approximate surface area is 167 Å². The van der Waals surface area contributed by atoms with Crippen LogP contribution in [-0.2, 0) is 6.42 Å². The van der Waals surface area contributed by atoms with Gasteiger partial charge in [-0.3, -0.25) is 0 Å². The fourth-order valence-corrected chi connectivity index (χ4v) is 3.74. The van der Waals surface area contributed by atoms with Gasteiger partial charge in [0.15, 0.2) is 0 Å². The molecule has 0 nitrogen and oxygen atoms in total. The Morgan fingerprint density at radius 3 is 1.46 bits per heavy atom. The molecule has 0 saturated carbocycles. The van der Waals surface area contributed by atoms with E-state index in [0.717, 1.165) is 6.42 Å². The lowest BCUT2D eigenvalue weighted by Gasteiger charge is -2.23. The molecule has 0 saturated heterocycles. The number of allylic oxidation sites excluding steroid dienone is 1. The van der Waals surface area contributed by atoms with Crippen molar-refractivity contribution in [3.05, 3.63) is 149 Å². The number of rotatable bonds is 6. The molecule has 28 heavy (non-hydrogen) atoms. The van der Waals surface area contributed by atoms with Crippen LogP contribution in [0.5, 0.6) is 0 Å². The van der Waals surface area contributed by atoms with E-state index >= 15 is 0 Å². The van der Waals surface area contributed by atoms with E-state index in [1.165, 1.54) is 27.8 Å². The highest BCUT2D eigenvalue weighted by molar-refractivity contribution is 5.59. The van der Waals surface area contributed by atoms with Gasteiger partial charge in [-0.15, -0.1) is 0 Å². The molecule has 0 fully saturated rings. The van der Waals surface area contributed by atoms with Gasteiger partial charge in [-0.05, 0) is 28.7 Å². The van der Waals surface area contributed by atoms with Gasteiger partial charge in [-0.2, -0.15) is 0 Å². The molecule has 0 aliphatic heterocycles. The highest BCUT2D eigenvalue weighted by atomic mass is 14.2. The second-order valence-electron chi connectivity index (χ2n) is 7.05. The Morgan fingerprint density at radius 2 is 0.964 bits per heavy atom. The van der Waals surface area contributed by atoms with Crippen molar-refractivity contribution in [2.45, 2.75) is 12.3 Å². The van der Waals surface area contributed by atoms with E-state index in [2.05, 4.69) is 127 Å². The lowest BCUT2D eigenvalue weighted by atomic mass is 9.81. The Balaban J connectivity index is 1.84. The molecule has 0 N–H and O–H groups in total. The third kappa shape index (κ3) is 4.47. The first kappa shape index (κ1) is 18.0. The summed E-state index contributed by atoms with van der Waals surface area (Å²) in [6.07, 6.45) is 3.28. The average molecular weight is 361 g/mol. The Bertz CT molecular complexity index is 961. The van der Waals surface area contributed by atoms with Crippen LogP contribution in [0, 0.1) is 0 Å². The molecule has 0 aliphatic carbocycles. The molecule has 0 atom stereocenters. The Kier molecular flexibility index (Phi) is 5.80. The third-order valence-corrected chi connectivity index (χ3v) is 5.04. The van der Waals surface area contributed by atoms with Crippen molar-refractivity contribution < 1.29 is 0 Å². The normalized spacial score (nSPS) is 11.5. The molecule has 0 spiro atoms. The predicted octanol–water partition coefficient (Wildman–Crippen LogP) is 7.14. The molecule has 0 heteroatoms. The van der Waals surface area contributed by atoms with Crippen molar-refractivity contribution in [3.8, 4) is 0 Å². The lowest BCUT2D eigenvalue weighted by molar-refractivity contribution is 0.905. The molecule has 0 bridgehead atoms. The molecule has 4 aromatic rings. The van der Waals surface area contributed by atoms with Gasteiger partial charge in [-0.1, -0.05) is 133 Å². The first-order chi connectivity index (χ1) is 13.9. The number of benzene rings is 4. The van der Waals surface area contributed by atoms with Crippen molar-refractivity contribution >= 4 is 6.08 Å². The number of hydrogen-bond acceptors (Lipinski definition) is 0. The summed E-state index contributed by atoms with van der Waals surface area (Å²) in [4.78, 5) is 0. The molecule has 0 amide bonds.